The summed E-state index contributed by atoms with van der Waals surface area (Å²) in [5, 5.41) is 12.8. The second-order valence-electron chi connectivity index (χ2n) is 6.07. The fraction of sp³-hybridized carbons (Fsp3) is 0.529. The van der Waals surface area contributed by atoms with Gasteiger partial charge in [0.25, 0.3) is 5.60 Å². The maximum absolute atomic E-state index is 13.1. The Kier molecular flexibility index (Phi) is 5.92. The number of hydrogen-bond acceptors (Lipinski definition) is 3. The molecule has 1 aliphatic rings. The van der Waals surface area contributed by atoms with Gasteiger partial charge in [0.15, 0.2) is 0 Å². The van der Waals surface area contributed by atoms with Crippen molar-refractivity contribution in [1.29, 1.82) is 0 Å². The zero-order valence-corrected chi connectivity index (χ0v) is 14.1. The zero-order chi connectivity index (χ0) is 19.6. The van der Waals surface area contributed by atoms with E-state index in [0.29, 0.717) is 31.4 Å². The third kappa shape index (κ3) is 3.83. The van der Waals surface area contributed by atoms with Gasteiger partial charge in [-0.1, -0.05) is 18.2 Å². The van der Waals surface area contributed by atoms with Crippen LogP contribution in [0.2, 0.25) is 0 Å². The largest absolute Gasteiger partial charge is 0.430 e. The van der Waals surface area contributed by atoms with Gasteiger partial charge in [0.1, 0.15) is 0 Å². The molecule has 0 unspecified atom stereocenters. The van der Waals surface area contributed by atoms with E-state index in [4.69, 9.17) is 0 Å². The van der Waals surface area contributed by atoms with Crippen molar-refractivity contribution in [1.82, 2.24) is 5.32 Å². The Morgan fingerprint density at radius 3 is 2.27 bits per heavy atom. The number of anilines is 1. The number of halogens is 6. The third-order valence-corrected chi connectivity index (χ3v) is 4.29. The quantitative estimate of drug-likeness (QED) is 0.780. The molecule has 0 aliphatic carbocycles. The van der Waals surface area contributed by atoms with Gasteiger partial charge in [0.05, 0.1) is 0 Å². The van der Waals surface area contributed by atoms with Crippen LogP contribution in [0.1, 0.15) is 24.5 Å². The summed E-state index contributed by atoms with van der Waals surface area (Å²) in [7, 11) is 0. The number of nitrogens with one attached hydrogen (secondary N) is 1. The monoisotopic (exact) mass is 382 g/mol. The van der Waals surface area contributed by atoms with Gasteiger partial charge in [0.2, 0.25) is 0 Å². The van der Waals surface area contributed by atoms with Crippen molar-refractivity contribution in [2.45, 2.75) is 31.3 Å². The first-order chi connectivity index (χ1) is 12.0. The van der Waals surface area contributed by atoms with Crippen molar-refractivity contribution < 1.29 is 31.4 Å². The molecule has 0 amide bonds. The van der Waals surface area contributed by atoms with Crippen molar-refractivity contribution in [3.05, 3.63) is 35.4 Å². The number of alkyl halides is 6. The van der Waals surface area contributed by atoms with E-state index in [0.717, 1.165) is 19.0 Å². The summed E-state index contributed by atoms with van der Waals surface area (Å²) in [5.41, 5.74) is -5.45. The van der Waals surface area contributed by atoms with Crippen molar-refractivity contribution in [3.63, 3.8) is 0 Å². The van der Waals surface area contributed by atoms with Crippen LogP contribution in [0, 0.1) is 0 Å². The Bertz CT molecular complexity index is 632. The average molecular weight is 382 g/mol. The minimum absolute atomic E-state index is 0.193. The Morgan fingerprint density at radius 1 is 1.04 bits per heavy atom. The van der Waals surface area contributed by atoms with Crippen LogP contribution in [-0.4, -0.2) is 43.6 Å². The van der Waals surface area contributed by atoms with Crippen LogP contribution in [0.3, 0.4) is 0 Å². The molecule has 3 nitrogen and oxygen atoms in total. The highest BCUT2D eigenvalue weighted by atomic mass is 19.4. The number of benzene rings is 1. The smallest absolute Gasteiger partial charge is 0.370 e. The highest BCUT2D eigenvalue weighted by Crippen LogP contribution is 2.50. The van der Waals surface area contributed by atoms with E-state index < -0.39 is 23.5 Å². The molecule has 146 valence electrons. The lowest BCUT2D eigenvalue weighted by Gasteiger charge is -2.33. The molecule has 26 heavy (non-hydrogen) atoms. The van der Waals surface area contributed by atoms with Crippen LogP contribution < -0.4 is 10.2 Å². The summed E-state index contributed by atoms with van der Waals surface area (Å²) in [4.78, 5) is 1.90. The van der Waals surface area contributed by atoms with Crippen molar-refractivity contribution in [2.24, 2.45) is 0 Å². The summed E-state index contributed by atoms with van der Waals surface area (Å²) in [5.74, 6) is 0. The first-order valence-electron chi connectivity index (χ1n) is 8.11. The average Bonchev–Trinajstić information content (AvgIpc) is 2.81. The van der Waals surface area contributed by atoms with E-state index in [1.165, 1.54) is 18.2 Å². The van der Waals surface area contributed by atoms with E-state index in [1.807, 2.05) is 4.90 Å². The molecule has 1 heterocycles. The summed E-state index contributed by atoms with van der Waals surface area (Å²) < 4.78 is 78.6. The van der Waals surface area contributed by atoms with E-state index in [2.05, 4.69) is 5.32 Å². The molecular formula is C17H20F6N2O. The van der Waals surface area contributed by atoms with Gasteiger partial charge < -0.3 is 15.3 Å². The molecule has 1 aromatic carbocycles. The summed E-state index contributed by atoms with van der Waals surface area (Å²) in [6.45, 7) is 4.26. The van der Waals surface area contributed by atoms with Gasteiger partial charge in [0, 0.05) is 30.9 Å². The van der Waals surface area contributed by atoms with Gasteiger partial charge in [-0.05, 0) is 37.6 Å². The zero-order valence-electron chi connectivity index (χ0n) is 14.1. The Morgan fingerprint density at radius 2 is 1.69 bits per heavy atom. The van der Waals surface area contributed by atoms with Gasteiger partial charge in [-0.2, -0.15) is 26.3 Å². The molecule has 0 atom stereocenters. The first kappa shape index (κ1) is 20.6. The molecule has 1 aliphatic heterocycles. The predicted octanol–water partition coefficient (Wildman–Crippen LogP) is 3.83. The standard InChI is InChI=1S/C17H20F6N2O/c1-2-4-12-11-13(15(26,16(18,19)20)17(21,22)23)5-6-14(12)25-9-3-7-24-8-10-25/h2,4-6,11,24,26H,3,7-10H2,1H3/b4-2-. The van der Waals surface area contributed by atoms with Crippen molar-refractivity contribution in [3.8, 4) is 0 Å². The molecule has 1 saturated heterocycles. The lowest BCUT2D eigenvalue weighted by molar-refractivity contribution is -0.376. The summed E-state index contributed by atoms with van der Waals surface area (Å²) in [6, 6.07) is 2.66. The number of hydrogen-bond donors (Lipinski definition) is 2. The highest BCUT2D eigenvalue weighted by molar-refractivity contribution is 5.69. The number of rotatable bonds is 3. The maximum Gasteiger partial charge on any atom is 0.430 e. The lowest BCUT2D eigenvalue weighted by Crippen LogP contribution is -2.54. The van der Waals surface area contributed by atoms with E-state index in [9.17, 15) is 31.4 Å². The molecule has 0 saturated carbocycles. The molecule has 1 fully saturated rings. The van der Waals surface area contributed by atoms with Crippen LogP contribution in [0.5, 0.6) is 0 Å². The second-order valence-corrected chi connectivity index (χ2v) is 6.07. The second kappa shape index (κ2) is 7.48. The fourth-order valence-electron chi connectivity index (χ4n) is 2.96. The molecular weight excluding hydrogens is 362 g/mol. The van der Waals surface area contributed by atoms with E-state index >= 15 is 0 Å². The molecule has 2 N–H and O–H groups in total. The molecule has 0 bridgehead atoms. The lowest BCUT2D eigenvalue weighted by atomic mass is 9.90. The van der Waals surface area contributed by atoms with Crippen LogP contribution in [0.4, 0.5) is 32.0 Å². The molecule has 0 radical (unpaired) electrons. The molecule has 0 aromatic heterocycles. The molecule has 2 rings (SSSR count). The molecule has 9 heteroatoms. The summed E-state index contributed by atoms with van der Waals surface area (Å²) in [6.07, 6.45) is -8.03. The predicted molar refractivity (Wildman–Crippen MR) is 86.9 cm³/mol. The molecule has 1 aromatic rings. The number of aliphatic hydroxyl groups is 1. The number of allylic oxidation sites excluding steroid dienone is 1. The number of nitrogens with zero attached hydrogens (tertiary/aromatic N) is 1. The van der Waals surface area contributed by atoms with Crippen LogP contribution in [-0.2, 0) is 5.60 Å². The Labute approximate surface area is 147 Å². The Hall–Kier alpha value is -1.74. The van der Waals surface area contributed by atoms with Crippen LogP contribution >= 0.6 is 0 Å². The third-order valence-electron chi connectivity index (χ3n) is 4.29. The minimum Gasteiger partial charge on any atom is -0.370 e. The van der Waals surface area contributed by atoms with Crippen molar-refractivity contribution in [2.75, 3.05) is 31.1 Å². The van der Waals surface area contributed by atoms with E-state index in [1.54, 1.807) is 6.92 Å². The first-order valence-corrected chi connectivity index (χ1v) is 8.11. The van der Waals surface area contributed by atoms with E-state index in [-0.39, 0.29) is 5.56 Å². The Balaban J connectivity index is 2.56. The fourth-order valence-corrected chi connectivity index (χ4v) is 2.96. The van der Waals surface area contributed by atoms with Gasteiger partial charge in [-0.3, -0.25) is 0 Å². The summed E-state index contributed by atoms with van der Waals surface area (Å²) >= 11 is 0. The van der Waals surface area contributed by atoms with Crippen LogP contribution in [0.15, 0.2) is 24.3 Å². The normalized spacial score (nSPS) is 17.6. The van der Waals surface area contributed by atoms with Gasteiger partial charge >= 0.3 is 12.4 Å². The highest BCUT2D eigenvalue weighted by Gasteiger charge is 2.71. The van der Waals surface area contributed by atoms with Crippen molar-refractivity contribution >= 4 is 11.8 Å². The minimum atomic E-state index is -5.90. The SMILES string of the molecule is C/C=C\c1cc(C(O)(C(F)(F)F)C(F)(F)F)ccc1N1CCCNCC1. The van der Waals surface area contributed by atoms with Gasteiger partial charge in [-0.15, -0.1) is 0 Å². The van der Waals surface area contributed by atoms with Gasteiger partial charge in [-0.25, -0.2) is 0 Å². The topological polar surface area (TPSA) is 35.5 Å². The van der Waals surface area contributed by atoms with Crippen LogP contribution in [0.25, 0.3) is 6.08 Å². The molecule has 0 spiro atoms. The maximum atomic E-state index is 13.1.